The lowest BCUT2D eigenvalue weighted by molar-refractivity contribution is -0.143. The van der Waals surface area contributed by atoms with Crippen LogP contribution in [0.25, 0.3) is 0 Å². The Kier molecular flexibility index (Phi) is 46.2. The lowest BCUT2D eigenvalue weighted by Gasteiger charge is -2.20. The molecule has 0 aromatic rings. The molecule has 0 aliphatic heterocycles. The molecule has 6 nitrogen and oxygen atoms in total. The Morgan fingerprint density at radius 1 is 0.483 bits per heavy atom. The first kappa shape index (κ1) is 56.1. The second-order valence-electron chi connectivity index (χ2n) is 17.1. The molecule has 0 saturated heterocycles. The highest BCUT2D eigenvalue weighted by Crippen LogP contribution is 2.15. The molecule has 0 aromatic carbocycles. The summed E-state index contributed by atoms with van der Waals surface area (Å²) in [5.41, 5.74) is 0. The molecule has 58 heavy (non-hydrogen) atoms. The molecule has 2 unspecified atom stereocenters. The van der Waals surface area contributed by atoms with Gasteiger partial charge in [0.2, 0.25) is 5.91 Å². The molecule has 1 amide bonds. The van der Waals surface area contributed by atoms with Crippen molar-refractivity contribution < 1.29 is 24.5 Å². The van der Waals surface area contributed by atoms with Crippen molar-refractivity contribution in [1.29, 1.82) is 0 Å². The van der Waals surface area contributed by atoms with Crippen molar-refractivity contribution in [2.45, 2.75) is 270 Å². The number of unbranched alkanes of at least 4 members (excludes halogenated alkanes) is 31. The first-order valence-electron chi connectivity index (χ1n) is 25.3. The first-order chi connectivity index (χ1) is 28.5. The van der Waals surface area contributed by atoms with Gasteiger partial charge in [0.25, 0.3) is 0 Å². The van der Waals surface area contributed by atoms with Gasteiger partial charge in [-0.1, -0.05) is 211 Å². The quantitative estimate of drug-likeness (QED) is 0.0323. The van der Waals surface area contributed by atoms with E-state index in [1.807, 2.05) is 6.08 Å². The van der Waals surface area contributed by atoms with Crippen LogP contribution < -0.4 is 5.32 Å². The number of esters is 1. The van der Waals surface area contributed by atoms with E-state index < -0.39 is 12.1 Å². The zero-order chi connectivity index (χ0) is 42.3. The van der Waals surface area contributed by atoms with Gasteiger partial charge in [0.1, 0.15) is 0 Å². The number of carbonyl (C=O) groups excluding carboxylic acids is 2. The average Bonchev–Trinajstić information content (AvgIpc) is 3.22. The van der Waals surface area contributed by atoms with E-state index in [0.29, 0.717) is 19.4 Å². The molecule has 0 aliphatic rings. The highest BCUT2D eigenvalue weighted by Gasteiger charge is 2.18. The molecule has 0 aliphatic carbocycles. The zero-order valence-electron chi connectivity index (χ0n) is 38.5. The highest BCUT2D eigenvalue weighted by molar-refractivity contribution is 5.76. The summed E-state index contributed by atoms with van der Waals surface area (Å²) < 4.78 is 5.42. The lowest BCUT2D eigenvalue weighted by Crippen LogP contribution is -2.45. The maximum Gasteiger partial charge on any atom is 0.305 e. The van der Waals surface area contributed by atoms with Gasteiger partial charge in [-0.05, 0) is 70.6 Å². The van der Waals surface area contributed by atoms with Gasteiger partial charge >= 0.3 is 5.97 Å². The van der Waals surface area contributed by atoms with Gasteiger partial charge in [-0.15, -0.1) is 0 Å². The number of rotatable bonds is 46. The number of hydrogen-bond acceptors (Lipinski definition) is 5. The summed E-state index contributed by atoms with van der Waals surface area (Å²) >= 11 is 0. The van der Waals surface area contributed by atoms with Crippen molar-refractivity contribution in [3.63, 3.8) is 0 Å². The molecule has 3 N–H and O–H groups in total. The van der Waals surface area contributed by atoms with Crippen LogP contribution in [0.1, 0.15) is 258 Å². The summed E-state index contributed by atoms with van der Waals surface area (Å²) in [6, 6.07) is -0.639. The summed E-state index contributed by atoms with van der Waals surface area (Å²) in [5.74, 6) is -0.103. The van der Waals surface area contributed by atoms with Crippen LogP contribution in [0.15, 0.2) is 36.5 Å². The third-order valence-corrected chi connectivity index (χ3v) is 11.4. The van der Waals surface area contributed by atoms with Crippen molar-refractivity contribution in [3.8, 4) is 0 Å². The number of amides is 1. The van der Waals surface area contributed by atoms with E-state index in [9.17, 15) is 19.8 Å². The van der Waals surface area contributed by atoms with Crippen LogP contribution in [0.5, 0.6) is 0 Å². The first-order valence-corrected chi connectivity index (χ1v) is 25.3. The van der Waals surface area contributed by atoms with Crippen LogP contribution >= 0.6 is 0 Å². The van der Waals surface area contributed by atoms with Gasteiger partial charge in [0.05, 0.1) is 25.4 Å². The molecule has 6 heteroatoms. The monoisotopic (exact) mass is 816 g/mol. The van der Waals surface area contributed by atoms with Crippen LogP contribution in [0.2, 0.25) is 0 Å². The minimum atomic E-state index is -0.854. The lowest BCUT2D eigenvalue weighted by atomic mass is 10.0. The molecular formula is C52H97NO5. The molecule has 340 valence electrons. The summed E-state index contributed by atoms with van der Waals surface area (Å²) in [4.78, 5) is 24.4. The molecular weight excluding hydrogens is 719 g/mol. The van der Waals surface area contributed by atoms with E-state index in [4.69, 9.17) is 4.74 Å². The second-order valence-corrected chi connectivity index (χ2v) is 17.1. The number of carbonyl (C=O) groups is 2. The highest BCUT2D eigenvalue weighted by atomic mass is 16.5. The van der Waals surface area contributed by atoms with Gasteiger partial charge in [-0.2, -0.15) is 0 Å². The number of aliphatic hydroxyl groups excluding tert-OH is 2. The Hall–Kier alpha value is -1.92. The van der Waals surface area contributed by atoms with E-state index >= 15 is 0 Å². The molecule has 0 rings (SSSR count). The van der Waals surface area contributed by atoms with E-state index in [0.717, 1.165) is 83.5 Å². The number of allylic oxidation sites excluding steroid dienone is 5. The fraction of sp³-hybridized carbons (Fsp3) is 0.846. The van der Waals surface area contributed by atoms with Crippen LogP contribution in [0.3, 0.4) is 0 Å². The maximum absolute atomic E-state index is 12.4. The Labute approximate surface area is 360 Å². The Morgan fingerprint density at radius 2 is 0.862 bits per heavy atom. The SMILES string of the molecule is CCCCCCCCCCCCC/C=C/C(O)C(CO)NC(=O)CCCCCCCCC/C=C\C/C=C\CCCCCOC(=O)CCCCCCCCCCCCC. The molecule has 0 spiro atoms. The molecule has 0 radical (unpaired) electrons. The Morgan fingerprint density at radius 3 is 1.31 bits per heavy atom. The standard InChI is InChI=1S/C52H97NO5/c1-3-5-7-9-11-13-15-21-25-28-32-36-40-44-50(55)49(48-54)53-51(56)45-41-37-33-29-26-22-19-17-16-18-20-23-27-31-35-39-43-47-58-52(57)46-42-38-34-30-24-14-12-10-8-6-4-2/h16,18,23,27,40,44,49-50,54-55H,3-15,17,19-22,24-26,28-39,41-43,45-48H2,1-2H3,(H,53,56)/b18-16-,27-23-,44-40+. The number of aliphatic hydroxyl groups is 2. The van der Waals surface area contributed by atoms with Crippen molar-refractivity contribution in [1.82, 2.24) is 5.32 Å². The summed E-state index contributed by atoms with van der Waals surface area (Å²) in [5, 5.41) is 23.0. The van der Waals surface area contributed by atoms with Crippen molar-refractivity contribution >= 4 is 11.9 Å². The summed E-state index contributed by atoms with van der Waals surface area (Å²) in [6.45, 7) is 4.84. The van der Waals surface area contributed by atoms with Crippen molar-refractivity contribution in [3.05, 3.63) is 36.5 Å². The van der Waals surface area contributed by atoms with E-state index in [2.05, 4.69) is 43.5 Å². The topological polar surface area (TPSA) is 95.9 Å². The van der Waals surface area contributed by atoms with Crippen molar-refractivity contribution in [2.75, 3.05) is 13.2 Å². The Bertz CT molecular complexity index is 946. The fourth-order valence-electron chi connectivity index (χ4n) is 7.49. The van der Waals surface area contributed by atoms with E-state index in [1.165, 1.54) is 148 Å². The number of ether oxygens (including phenoxy) is 1. The van der Waals surface area contributed by atoms with Gasteiger partial charge in [0.15, 0.2) is 0 Å². The minimum absolute atomic E-state index is 0.0175. The fourth-order valence-corrected chi connectivity index (χ4v) is 7.49. The van der Waals surface area contributed by atoms with Crippen LogP contribution in [-0.4, -0.2) is 47.4 Å². The predicted molar refractivity (Wildman–Crippen MR) is 250 cm³/mol. The number of hydrogen-bond donors (Lipinski definition) is 3. The van der Waals surface area contributed by atoms with Gasteiger partial charge in [0, 0.05) is 12.8 Å². The third-order valence-electron chi connectivity index (χ3n) is 11.4. The Balaban J connectivity index is 3.54. The van der Waals surface area contributed by atoms with Crippen LogP contribution in [-0.2, 0) is 14.3 Å². The normalized spacial score (nSPS) is 13.0. The van der Waals surface area contributed by atoms with E-state index in [1.54, 1.807) is 6.08 Å². The molecule has 2 atom stereocenters. The zero-order valence-corrected chi connectivity index (χ0v) is 38.5. The summed E-state index contributed by atoms with van der Waals surface area (Å²) in [7, 11) is 0. The van der Waals surface area contributed by atoms with Crippen molar-refractivity contribution in [2.24, 2.45) is 0 Å². The second kappa shape index (κ2) is 47.8. The number of nitrogens with one attached hydrogen (secondary N) is 1. The van der Waals surface area contributed by atoms with E-state index in [-0.39, 0.29) is 18.5 Å². The average molecular weight is 816 g/mol. The molecule has 0 saturated carbocycles. The smallest absolute Gasteiger partial charge is 0.305 e. The van der Waals surface area contributed by atoms with Crippen LogP contribution in [0, 0.1) is 0 Å². The molecule has 0 heterocycles. The summed E-state index contributed by atoms with van der Waals surface area (Å²) in [6.07, 6.45) is 57.1. The minimum Gasteiger partial charge on any atom is -0.466 e. The maximum atomic E-state index is 12.4. The molecule has 0 bridgehead atoms. The predicted octanol–water partition coefficient (Wildman–Crippen LogP) is 14.9. The molecule has 0 aromatic heterocycles. The van der Waals surface area contributed by atoms with Gasteiger partial charge in [-0.3, -0.25) is 9.59 Å². The molecule has 0 fully saturated rings. The van der Waals surface area contributed by atoms with Crippen LogP contribution in [0.4, 0.5) is 0 Å². The largest absolute Gasteiger partial charge is 0.466 e. The van der Waals surface area contributed by atoms with Gasteiger partial charge in [-0.25, -0.2) is 0 Å². The van der Waals surface area contributed by atoms with Gasteiger partial charge < -0.3 is 20.3 Å². The third kappa shape index (κ3) is 43.7.